The number of carbonyl (C=O) groups is 1. The number of nitrogens with zero attached hydrogens (tertiary/aromatic N) is 3. The Labute approximate surface area is 181 Å². The maximum atomic E-state index is 13.1. The molecule has 0 bridgehead atoms. The van der Waals surface area contributed by atoms with Gasteiger partial charge in [-0.05, 0) is 66.7 Å². The Bertz CT molecular complexity index is 1220. The molecule has 1 amide bonds. The van der Waals surface area contributed by atoms with Crippen LogP contribution in [0.25, 0.3) is 10.4 Å². The van der Waals surface area contributed by atoms with Crippen molar-refractivity contribution in [3.05, 3.63) is 76.3 Å². The second-order valence-electron chi connectivity index (χ2n) is 6.95. The number of ether oxygens (including phenoxy) is 1. The van der Waals surface area contributed by atoms with Gasteiger partial charge >= 0.3 is 0 Å². The van der Waals surface area contributed by atoms with Gasteiger partial charge < -0.3 is 10.1 Å². The predicted octanol–water partition coefficient (Wildman–Crippen LogP) is 4.79. The molecule has 0 atom stereocenters. The SMILES string of the molecule is Cc1ncccc1Oc1sc(C(=O)NCc2ccccn2)c2c1-c1sncc1CC2. The molecule has 8 heteroatoms. The Kier molecular flexibility index (Phi) is 5.02. The Morgan fingerprint density at radius 3 is 2.90 bits per heavy atom. The average molecular weight is 435 g/mol. The molecule has 0 saturated carbocycles. The summed E-state index contributed by atoms with van der Waals surface area (Å²) in [5, 5.41) is 3.72. The Morgan fingerprint density at radius 1 is 1.17 bits per heavy atom. The number of hydrogen-bond donors (Lipinski definition) is 1. The van der Waals surface area contributed by atoms with Gasteiger partial charge in [-0.25, -0.2) is 4.37 Å². The van der Waals surface area contributed by atoms with Gasteiger partial charge in [-0.3, -0.25) is 14.8 Å². The lowest BCUT2D eigenvalue weighted by atomic mass is 9.93. The van der Waals surface area contributed by atoms with E-state index < -0.39 is 0 Å². The first-order chi connectivity index (χ1) is 14.7. The monoisotopic (exact) mass is 434 g/mol. The Morgan fingerprint density at radius 2 is 2.07 bits per heavy atom. The second-order valence-corrected chi connectivity index (χ2v) is 8.73. The zero-order chi connectivity index (χ0) is 20.5. The van der Waals surface area contributed by atoms with E-state index in [0.717, 1.165) is 40.2 Å². The van der Waals surface area contributed by atoms with Gasteiger partial charge in [-0.1, -0.05) is 17.4 Å². The predicted molar refractivity (Wildman–Crippen MR) is 117 cm³/mol. The van der Waals surface area contributed by atoms with E-state index in [4.69, 9.17) is 4.74 Å². The third-order valence-corrected chi connectivity index (χ3v) is 6.98. The van der Waals surface area contributed by atoms with E-state index >= 15 is 0 Å². The number of rotatable bonds is 5. The van der Waals surface area contributed by atoms with Crippen LogP contribution in [0.1, 0.15) is 32.2 Å². The molecule has 0 fully saturated rings. The highest BCUT2D eigenvalue weighted by Gasteiger charge is 2.30. The number of pyridine rings is 2. The fraction of sp³-hybridized carbons (Fsp3) is 0.182. The van der Waals surface area contributed by atoms with Crippen LogP contribution in [0, 0.1) is 6.92 Å². The molecule has 0 saturated heterocycles. The third-order valence-electron chi connectivity index (χ3n) is 5.01. The highest BCUT2D eigenvalue weighted by Crippen LogP contribution is 2.50. The summed E-state index contributed by atoms with van der Waals surface area (Å²) in [5.41, 5.74) is 4.87. The quantitative estimate of drug-likeness (QED) is 0.489. The van der Waals surface area contributed by atoms with Gasteiger partial charge in [0.2, 0.25) is 0 Å². The number of aryl methyl sites for hydroxylation is 2. The van der Waals surface area contributed by atoms with Gasteiger partial charge in [-0.2, -0.15) is 0 Å². The van der Waals surface area contributed by atoms with Crippen LogP contribution in [-0.4, -0.2) is 20.2 Å². The van der Waals surface area contributed by atoms with Crippen LogP contribution < -0.4 is 10.1 Å². The third kappa shape index (κ3) is 3.48. The number of fused-ring (bicyclic) bond motifs is 3. The summed E-state index contributed by atoms with van der Waals surface area (Å²) in [7, 11) is 0. The molecule has 0 radical (unpaired) electrons. The van der Waals surface area contributed by atoms with Crippen molar-refractivity contribution >= 4 is 28.8 Å². The fourth-order valence-electron chi connectivity index (χ4n) is 3.50. The smallest absolute Gasteiger partial charge is 0.262 e. The molecule has 1 N–H and O–H groups in total. The first-order valence-electron chi connectivity index (χ1n) is 9.58. The molecule has 4 aromatic heterocycles. The maximum absolute atomic E-state index is 13.1. The first kappa shape index (κ1) is 18.9. The fourth-order valence-corrected chi connectivity index (χ4v) is 5.57. The van der Waals surface area contributed by atoms with E-state index in [1.807, 2.05) is 43.5 Å². The van der Waals surface area contributed by atoms with Crippen molar-refractivity contribution < 1.29 is 9.53 Å². The van der Waals surface area contributed by atoms with Crippen LogP contribution in [0.5, 0.6) is 10.8 Å². The minimum Gasteiger partial charge on any atom is -0.444 e. The molecule has 4 aromatic rings. The summed E-state index contributed by atoms with van der Waals surface area (Å²) in [6, 6.07) is 9.41. The summed E-state index contributed by atoms with van der Waals surface area (Å²) in [5.74, 6) is 0.589. The van der Waals surface area contributed by atoms with Gasteiger partial charge in [0.15, 0.2) is 5.06 Å². The number of nitrogens with one attached hydrogen (secondary N) is 1. The maximum Gasteiger partial charge on any atom is 0.262 e. The zero-order valence-electron chi connectivity index (χ0n) is 16.2. The first-order valence-corrected chi connectivity index (χ1v) is 11.2. The lowest BCUT2D eigenvalue weighted by Crippen LogP contribution is -2.23. The van der Waals surface area contributed by atoms with Crippen molar-refractivity contribution in [2.75, 3.05) is 0 Å². The number of hydrogen-bond acceptors (Lipinski definition) is 7. The molecule has 150 valence electrons. The van der Waals surface area contributed by atoms with E-state index in [2.05, 4.69) is 19.7 Å². The molecule has 1 aliphatic rings. The normalized spacial score (nSPS) is 12.2. The summed E-state index contributed by atoms with van der Waals surface area (Å²) in [6.45, 7) is 2.30. The Balaban J connectivity index is 1.51. The summed E-state index contributed by atoms with van der Waals surface area (Å²) in [4.78, 5) is 23.4. The number of carbonyl (C=O) groups excluding carboxylic acids is 1. The van der Waals surface area contributed by atoms with E-state index in [1.54, 1.807) is 12.4 Å². The van der Waals surface area contributed by atoms with Gasteiger partial charge in [0.05, 0.1) is 33.3 Å². The molecule has 0 aliphatic heterocycles. The molecule has 6 nitrogen and oxygen atoms in total. The standard InChI is InChI=1S/C22H18N4O2S2/c1-13-17(6-4-10-23-13)28-22-18-16(8-7-14-11-26-30-19(14)18)20(29-22)21(27)25-12-15-5-2-3-9-24-15/h2-6,9-11H,7-8,12H2,1H3,(H,25,27). The minimum atomic E-state index is -0.104. The minimum absolute atomic E-state index is 0.104. The number of aromatic nitrogens is 3. The lowest BCUT2D eigenvalue weighted by molar-refractivity contribution is 0.0953. The van der Waals surface area contributed by atoms with Crippen molar-refractivity contribution in [1.29, 1.82) is 0 Å². The van der Waals surface area contributed by atoms with Gasteiger partial charge in [-0.15, -0.1) is 0 Å². The highest BCUT2D eigenvalue weighted by atomic mass is 32.1. The summed E-state index contributed by atoms with van der Waals surface area (Å²) in [6.07, 6.45) is 7.05. The van der Waals surface area contributed by atoms with Crippen molar-refractivity contribution in [2.24, 2.45) is 0 Å². The molecule has 0 unspecified atom stereocenters. The molecule has 30 heavy (non-hydrogen) atoms. The molecular weight excluding hydrogens is 416 g/mol. The number of amides is 1. The van der Waals surface area contributed by atoms with Gasteiger partial charge in [0.25, 0.3) is 5.91 Å². The lowest BCUT2D eigenvalue weighted by Gasteiger charge is -2.14. The van der Waals surface area contributed by atoms with Crippen molar-refractivity contribution in [3.8, 4) is 21.3 Å². The highest BCUT2D eigenvalue weighted by molar-refractivity contribution is 7.17. The van der Waals surface area contributed by atoms with Gasteiger partial charge in [0, 0.05) is 18.6 Å². The second kappa shape index (κ2) is 7.97. The molecule has 4 heterocycles. The molecule has 0 aromatic carbocycles. The van der Waals surface area contributed by atoms with Crippen molar-refractivity contribution in [3.63, 3.8) is 0 Å². The Hall–Kier alpha value is -3.10. The molecule has 1 aliphatic carbocycles. The van der Waals surface area contributed by atoms with E-state index in [-0.39, 0.29) is 5.91 Å². The average Bonchev–Trinajstić information content (AvgIpc) is 3.39. The molecular formula is C22H18N4O2S2. The molecule has 5 rings (SSSR count). The van der Waals surface area contributed by atoms with Crippen LogP contribution in [0.2, 0.25) is 0 Å². The van der Waals surface area contributed by atoms with E-state index in [0.29, 0.717) is 22.2 Å². The van der Waals surface area contributed by atoms with Crippen LogP contribution in [0.4, 0.5) is 0 Å². The topological polar surface area (TPSA) is 77.0 Å². The van der Waals surface area contributed by atoms with Crippen LogP contribution in [0.3, 0.4) is 0 Å². The van der Waals surface area contributed by atoms with Crippen LogP contribution in [0.15, 0.2) is 48.9 Å². The van der Waals surface area contributed by atoms with E-state index in [9.17, 15) is 4.79 Å². The van der Waals surface area contributed by atoms with Gasteiger partial charge in [0.1, 0.15) is 5.75 Å². The van der Waals surface area contributed by atoms with Crippen molar-refractivity contribution in [1.82, 2.24) is 19.7 Å². The number of thiophene rings is 1. The summed E-state index contributed by atoms with van der Waals surface area (Å²) >= 11 is 2.84. The zero-order valence-corrected chi connectivity index (χ0v) is 17.8. The summed E-state index contributed by atoms with van der Waals surface area (Å²) < 4.78 is 10.6. The van der Waals surface area contributed by atoms with Crippen LogP contribution in [-0.2, 0) is 19.4 Å². The molecule has 0 spiro atoms. The largest absolute Gasteiger partial charge is 0.444 e. The van der Waals surface area contributed by atoms with Crippen molar-refractivity contribution in [2.45, 2.75) is 26.3 Å². The van der Waals surface area contributed by atoms with E-state index in [1.165, 1.54) is 28.4 Å². The van der Waals surface area contributed by atoms with Crippen LogP contribution >= 0.6 is 22.9 Å².